The molecule has 19 heavy (non-hydrogen) atoms. The molecule has 0 radical (unpaired) electrons. The topological polar surface area (TPSA) is 123 Å². The Morgan fingerprint density at radius 2 is 2.11 bits per heavy atom. The van der Waals surface area contributed by atoms with Crippen LogP contribution in [0.25, 0.3) is 0 Å². The van der Waals surface area contributed by atoms with Gasteiger partial charge < -0.3 is 20.1 Å². The molecule has 0 atom stereocenters. The van der Waals surface area contributed by atoms with Crippen LogP contribution in [0.3, 0.4) is 0 Å². The quantitative estimate of drug-likeness (QED) is 0.280. The van der Waals surface area contributed by atoms with Crippen LogP contribution < -0.4 is 56.7 Å². The van der Waals surface area contributed by atoms with Gasteiger partial charge in [0.1, 0.15) is 5.75 Å². The maximum Gasteiger partial charge on any atom is 1.00 e. The first-order chi connectivity index (χ1) is 8.35. The summed E-state index contributed by atoms with van der Waals surface area (Å²) in [6.07, 6.45) is 1.44. The van der Waals surface area contributed by atoms with Gasteiger partial charge in [-0.25, -0.2) is 8.42 Å². The molecule has 1 aromatic heterocycles. The summed E-state index contributed by atoms with van der Waals surface area (Å²) in [4.78, 5) is 3.89. The monoisotopic (exact) mass is 314 g/mol. The van der Waals surface area contributed by atoms with Gasteiger partial charge in [0.2, 0.25) is 0 Å². The molecule has 0 bridgehead atoms. The van der Waals surface area contributed by atoms with Gasteiger partial charge >= 0.3 is 51.4 Å². The van der Waals surface area contributed by atoms with Gasteiger partial charge in [-0.3, -0.25) is 4.98 Å². The van der Waals surface area contributed by atoms with E-state index in [2.05, 4.69) is 10.3 Å². The van der Waals surface area contributed by atoms with Crippen LogP contribution in [0, 0.1) is 6.92 Å². The van der Waals surface area contributed by atoms with E-state index in [0.29, 0.717) is 16.8 Å². The number of nitrogens with zero attached hydrogens (tertiary/aromatic N) is 1. The summed E-state index contributed by atoms with van der Waals surface area (Å²) < 4.78 is 31.2. The largest absolute Gasteiger partial charge is 1.00 e. The number of aliphatic hydroxyl groups is 1. The molecule has 0 unspecified atom stereocenters. The number of aryl methyl sites for hydroxylation is 1. The van der Waals surface area contributed by atoms with Crippen LogP contribution in [-0.4, -0.2) is 40.5 Å². The average molecular weight is 314 g/mol. The molecule has 0 saturated heterocycles. The van der Waals surface area contributed by atoms with Crippen molar-refractivity contribution in [2.45, 2.75) is 20.1 Å². The summed E-state index contributed by atoms with van der Waals surface area (Å²) in [5.74, 6) is -0.564. The van der Waals surface area contributed by atoms with Crippen molar-refractivity contribution in [1.82, 2.24) is 10.3 Å². The second kappa shape index (κ2) is 8.65. The average Bonchev–Trinajstić information content (AvgIpc) is 2.28. The summed E-state index contributed by atoms with van der Waals surface area (Å²) in [6, 6.07) is 0. The van der Waals surface area contributed by atoms with E-state index >= 15 is 0 Å². The molecule has 7 nitrogen and oxygen atoms in total. The fourth-order valence-electron chi connectivity index (χ4n) is 1.43. The van der Waals surface area contributed by atoms with Crippen LogP contribution in [0.1, 0.15) is 16.8 Å². The molecule has 1 aromatic rings. The maximum atomic E-state index is 10.4. The van der Waals surface area contributed by atoms with Gasteiger partial charge in [0.05, 0.1) is 28.2 Å². The summed E-state index contributed by atoms with van der Waals surface area (Å²) in [7, 11) is -4.25. The third-order valence-corrected chi connectivity index (χ3v) is 3.14. The molecule has 1 rings (SSSR count). The fourth-order valence-corrected chi connectivity index (χ4v) is 1.82. The molecular formula is C10H15KN2O5S. The van der Waals surface area contributed by atoms with E-state index in [1.807, 2.05) is 0 Å². The van der Waals surface area contributed by atoms with E-state index in [-0.39, 0.29) is 76.8 Å². The van der Waals surface area contributed by atoms with Crippen molar-refractivity contribution in [1.29, 1.82) is 0 Å². The zero-order valence-corrected chi connectivity index (χ0v) is 14.8. The number of hydrogen-bond acceptors (Lipinski definition) is 7. The predicted octanol–water partition coefficient (Wildman–Crippen LogP) is -3.77. The van der Waals surface area contributed by atoms with Crippen molar-refractivity contribution in [2.75, 3.05) is 12.3 Å². The maximum absolute atomic E-state index is 10.4. The Morgan fingerprint density at radius 1 is 1.47 bits per heavy atom. The number of pyridine rings is 1. The molecule has 0 aliphatic carbocycles. The first-order valence-electron chi connectivity index (χ1n) is 5.26. The van der Waals surface area contributed by atoms with Crippen LogP contribution in [0.5, 0.6) is 5.75 Å². The molecule has 0 saturated carbocycles. The smallest absolute Gasteiger partial charge is 0.748 e. The van der Waals surface area contributed by atoms with Crippen LogP contribution in [-0.2, 0) is 23.3 Å². The third-order valence-electron chi connectivity index (χ3n) is 2.43. The van der Waals surface area contributed by atoms with Crippen molar-refractivity contribution in [2.24, 2.45) is 0 Å². The summed E-state index contributed by atoms with van der Waals surface area (Å²) in [5, 5.41) is 21.6. The van der Waals surface area contributed by atoms with Gasteiger partial charge in [0.15, 0.2) is 0 Å². The Bertz CT molecular complexity index is 521. The normalized spacial score (nSPS) is 11.1. The van der Waals surface area contributed by atoms with Crippen molar-refractivity contribution >= 4 is 10.1 Å². The van der Waals surface area contributed by atoms with Crippen LogP contribution in [0.4, 0.5) is 0 Å². The Balaban J connectivity index is 0.00000324. The molecule has 0 aromatic carbocycles. The number of rotatable bonds is 6. The van der Waals surface area contributed by atoms with Crippen molar-refractivity contribution < 1.29 is 74.6 Å². The van der Waals surface area contributed by atoms with E-state index < -0.39 is 15.9 Å². The molecule has 102 valence electrons. The molecule has 0 spiro atoms. The van der Waals surface area contributed by atoms with Crippen molar-refractivity contribution in [3.63, 3.8) is 0 Å². The first-order valence-corrected chi connectivity index (χ1v) is 6.84. The number of nitrogens with one attached hydrogen (secondary N) is 1. The Kier molecular flexibility index (Phi) is 8.84. The van der Waals surface area contributed by atoms with E-state index in [9.17, 15) is 18.1 Å². The fraction of sp³-hybridized carbons (Fsp3) is 0.500. The molecule has 3 N–H and O–H groups in total. The van der Waals surface area contributed by atoms with Gasteiger partial charge in [-0.2, -0.15) is 0 Å². The molecular weight excluding hydrogens is 299 g/mol. The zero-order chi connectivity index (χ0) is 13.8. The molecule has 0 aliphatic heterocycles. The van der Waals surface area contributed by atoms with E-state index in [4.69, 9.17) is 5.11 Å². The Hall–Kier alpha value is 0.416. The minimum atomic E-state index is -4.25. The van der Waals surface area contributed by atoms with E-state index in [1.165, 1.54) is 6.20 Å². The third kappa shape index (κ3) is 6.60. The number of hydrogen-bond donors (Lipinski definition) is 3. The van der Waals surface area contributed by atoms with E-state index in [0.717, 1.165) is 0 Å². The van der Waals surface area contributed by atoms with Gasteiger partial charge in [-0.1, -0.05) is 0 Å². The van der Waals surface area contributed by atoms with Gasteiger partial charge in [0.25, 0.3) is 0 Å². The second-order valence-electron chi connectivity index (χ2n) is 3.79. The number of aliphatic hydroxyl groups excluding tert-OH is 1. The molecule has 9 heteroatoms. The van der Waals surface area contributed by atoms with Crippen LogP contribution in [0.2, 0.25) is 0 Å². The SMILES string of the molecule is Cc1ncc(CO)c(CNCCS(=O)(=O)[O-])c1O.[K+]. The van der Waals surface area contributed by atoms with Crippen LogP contribution >= 0.6 is 0 Å². The summed E-state index contributed by atoms with van der Waals surface area (Å²) in [6.45, 7) is 1.47. The van der Waals surface area contributed by atoms with Crippen LogP contribution in [0.15, 0.2) is 6.20 Å². The predicted molar refractivity (Wildman–Crippen MR) is 62.8 cm³/mol. The van der Waals surface area contributed by atoms with Gasteiger partial charge in [-0.15, -0.1) is 0 Å². The number of aromatic nitrogens is 1. The zero-order valence-electron chi connectivity index (χ0n) is 10.9. The molecule has 0 aliphatic rings. The standard InChI is InChI=1S/C10H16N2O5S.K/c1-7-10(14)9(8(6-13)4-12-7)5-11-2-3-18(15,16)17;/h4,11,13-14H,2-3,5-6H2,1H3,(H,15,16,17);/q;+1/p-1. The minimum Gasteiger partial charge on any atom is -0.748 e. The first kappa shape index (κ1) is 19.4. The number of aromatic hydroxyl groups is 1. The van der Waals surface area contributed by atoms with Gasteiger partial charge in [0, 0.05) is 30.4 Å². The summed E-state index contributed by atoms with van der Waals surface area (Å²) in [5.41, 5.74) is 1.32. The Labute approximate surface area is 154 Å². The van der Waals surface area contributed by atoms with Crippen molar-refractivity contribution in [3.8, 4) is 5.75 Å². The molecule has 1 heterocycles. The van der Waals surface area contributed by atoms with Gasteiger partial charge in [-0.05, 0) is 6.92 Å². The molecule has 0 amide bonds. The van der Waals surface area contributed by atoms with E-state index in [1.54, 1.807) is 6.92 Å². The summed E-state index contributed by atoms with van der Waals surface area (Å²) >= 11 is 0. The molecule has 0 fully saturated rings. The Morgan fingerprint density at radius 3 is 2.63 bits per heavy atom. The second-order valence-corrected chi connectivity index (χ2v) is 5.32. The van der Waals surface area contributed by atoms with Crippen molar-refractivity contribution in [3.05, 3.63) is 23.0 Å². The minimum absolute atomic E-state index is 0.